The molecule has 1 unspecified atom stereocenters. The maximum Gasteiger partial charge on any atom is 0.200 e. The number of rotatable bonds is 9. The normalized spacial score (nSPS) is 12.4. The predicted octanol–water partition coefficient (Wildman–Crippen LogP) is 1.58. The summed E-state index contributed by atoms with van der Waals surface area (Å²) in [6.45, 7) is 1.14. The van der Waals surface area contributed by atoms with E-state index < -0.39 is 0 Å². The van der Waals surface area contributed by atoms with E-state index in [1.807, 2.05) is 60.0 Å². The molecule has 0 bridgehead atoms. The van der Waals surface area contributed by atoms with Crippen molar-refractivity contribution in [2.45, 2.75) is 12.6 Å². The molecule has 0 aliphatic rings. The Kier molecular flexibility index (Phi) is 5.95. The van der Waals surface area contributed by atoms with Gasteiger partial charge in [0.05, 0.1) is 25.9 Å². The van der Waals surface area contributed by atoms with E-state index in [0.29, 0.717) is 30.6 Å². The molecule has 0 aliphatic carbocycles. The molecule has 0 aliphatic heterocycles. The van der Waals surface area contributed by atoms with Crippen molar-refractivity contribution in [3.05, 3.63) is 59.9 Å². The van der Waals surface area contributed by atoms with Crippen LogP contribution in [0.5, 0.6) is 5.88 Å². The smallest absolute Gasteiger partial charge is 0.200 e. The highest BCUT2D eigenvalue weighted by atomic mass is 16.5. The van der Waals surface area contributed by atoms with Crippen LogP contribution in [0.2, 0.25) is 0 Å². The molecular formula is C18H22N4O3. The Bertz CT molecular complexity index is 791. The molecule has 2 N–H and O–H groups in total. The van der Waals surface area contributed by atoms with Gasteiger partial charge in [-0.05, 0) is 24.7 Å². The minimum absolute atomic E-state index is 0.0521. The van der Waals surface area contributed by atoms with E-state index in [2.05, 4.69) is 15.5 Å². The maximum atomic E-state index is 9.00. The van der Waals surface area contributed by atoms with Crippen LogP contribution in [-0.2, 0) is 11.3 Å². The fourth-order valence-corrected chi connectivity index (χ4v) is 2.58. The van der Waals surface area contributed by atoms with Gasteiger partial charge in [-0.1, -0.05) is 36.4 Å². The summed E-state index contributed by atoms with van der Waals surface area (Å²) in [7, 11) is 1.86. The Balaban J connectivity index is 1.76. The zero-order chi connectivity index (χ0) is 17.5. The molecule has 7 heteroatoms. The molecule has 3 aromatic rings. The predicted molar refractivity (Wildman–Crippen MR) is 93.5 cm³/mol. The van der Waals surface area contributed by atoms with Crippen LogP contribution in [0.4, 0.5) is 0 Å². The van der Waals surface area contributed by atoms with E-state index in [9.17, 15) is 0 Å². The monoisotopic (exact) mass is 342 g/mol. The average molecular weight is 342 g/mol. The van der Waals surface area contributed by atoms with Crippen molar-refractivity contribution >= 4 is 5.65 Å². The Hall–Kier alpha value is -2.48. The Morgan fingerprint density at radius 3 is 2.72 bits per heavy atom. The Labute approximate surface area is 146 Å². The summed E-state index contributed by atoms with van der Waals surface area (Å²) in [6.07, 6.45) is 0. The third-order valence-electron chi connectivity index (χ3n) is 3.82. The number of ether oxygens (including phenoxy) is 2. The number of pyridine rings is 1. The number of hydrogen-bond acceptors (Lipinski definition) is 6. The standard InChI is InChI=1S/C18H22N4O3/c1-19-15(13-24-12-14-6-3-2-4-7-14)18-21-20-16-8-5-9-17(22(16)18)25-11-10-23/h2-9,15,19,23H,10-13H2,1H3. The molecule has 2 heterocycles. The van der Waals surface area contributed by atoms with E-state index in [1.165, 1.54) is 0 Å². The molecule has 132 valence electrons. The second kappa shape index (κ2) is 8.57. The molecule has 0 spiro atoms. The van der Waals surface area contributed by atoms with Gasteiger partial charge in [-0.2, -0.15) is 0 Å². The third kappa shape index (κ3) is 4.14. The van der Waals surface area contributed by atoms with E-state index in [-0.39, 0.29) is 19.3 Å². The summed E-state index contributed by atoms with van der Waals surface area (Å²) in [4.78, 5) is 0. The molecule has 2 aromatic heterocycles. The molecule has 7 nitrogen and oxygen atoms in total. The summed E-state index contributed by atoms with van der Waals surface area (Å²) >= 11 is 0. The first kappa shape index (κ1) is 17.3. The first-order valence-corrected chi connectivity index (χ1v) is 8.20. The second-order valence-electron chi connectivity index (χ2n) is 5.53. The van der Waals surface area contributed by atoms with Crippen LogP contribution in [-0.4, -0.2) is 46.6 Å². The summed E-state index contributed by atoms with van der Waals surface area (Å²) in [5.74, 6) is 1.30. The zero-order valence-corrected chi connectivity index (χ0v) is 14.1. The minimum atomic E-state index is -0.141. The number of aliphatic hydroxyl groups excluding tert-OH is 1. The van der Waals surface area contributed by atoms with Gasteiger partial charge in [0.2, 0.25) is 5.88 Å². The van der Waals surface area contributed by atoms with E-state index in [0.717, 1.165) is 5.56 Å². The van der Waals surface area contributed by atoms with Crippen molar-refractivity contribution in [2.75, 3.05) is 26.9 Å². The van der Waals surface area contributed by atoms with Crippen LogP contribution < -0.4 is 10.1 Å². The molecule has 3 rings (SSSR count). The number of aliphatic hydroxyl groups is 1. The van der Waals surface area contributed by atoms with Crippen molar-refractivity contribution in [2.24, 2.45) is 0 Å². The van der Waals surface area contributed by atoms with E-state index >= 15 is 0 Å². The van der Waals surface area contributed by atoms with Crippen LogP contribution in [0, 0.1) is 0 Å². The van der Waals surface area contributed by atoms with Gasteiger partial charge >= 0.3 is 0 Å². The van der Waals surface area contributed by atoms with Gasteiger partial charge < -0.3 is 19.9 Å². The fourth-order valence-electron chi connectivity index (χ4n) is 2.58. The van der Waals surface area contributed by atoms with Crippen molar-refractivity contribution in [1.29, 1.82) is 0 Å². The van der Waals surface area contributed by atoms with Gasteiger partial charge in [-0.25, -0.2) is 4.40 Å². The van der Waals surface area contributed by atoms with Crippen LogP contribution in [0.15, 0.2) is 48.5 Å². The molecule has 0 radical (unpaired) electrons. The summed E-state index contributed by atoms with van der Waals surface area (Å²) in [6, 6.07) is 15.4. The highest BCUT2D eigenvalue weighted by Crippen LogP contribution is 2.20. The van der Waals surface area contributed by atoms with Gasteiger partial charge in [-0.3, -0.25) is 0 Å². The lowest BCUT2D eigenvalue weighted by Crippen LogP contribution is -2.24. The molecule has 25 heavy (non-hydrogen) atoms. The maximum absolute atomic E-state index is 9.00. The highest BCUT2D eigenvalue weighted by molar-refractivity contribution is 5.42. The molecular weight excluding hydrogens is 320 g/mol. The van der Waals surface area contributed by atoms with Gasteiger partial charge in [0.25, 0.3) is 0 Å². The van der Waals surface area contributed by atoms with Crippen LogP contribution in [0.25, 0.3) is 5.65 Å². The summed E-state index contributed by atoms with van der Waals surface area (Å²) < 4.78 is 13.3. The van der Waals surface area contributed by atoms with Crippen LogP contribution >= 0.6 is 0 Å². The highest BCUT2D eigenvalue weighted by Gasteiger charge is 2.19. The second-order valence-corrected chi connectivity index (χ2v) is 5.53. The lowest BCUT2D eigenvalue weighted by Gasteiger charge is -2.16. The molecule has 0 saturated carbocycles. The largest absolute Gasteiger partial charge is 0.476 e. The molecule has 1 atom stereocenters. The van der Waals surface area contributed by atoms with Gasteiger partial charge in [0.15, 0.2) is 11.5 Å². The number of hydrogen-bond donors (Lipinski definition) is 2. The first-order valence-electron chi connectivity index (χ1n) is 8.20. The van der Waals surface area contributed by atoms with Gasteiger partial charge in [0, 0.05) is 0 Å². The number of nitrogens with zero attached hydrogens (tertiary/aromatic N) is 3. The average Bonchev–Trinajstić information content (AvgIpc) is 3.09. The van der Waals surface area contributed by atoms with Gasteiger partial charge in [-0.15, -0.1) is 10.2 Å². The Morgan fingerprint density at radius 2 is 1.96 bits per heavy atom. The molecule has 0 fully saturated rings. The van der Waals surface area contributed by atoms with E-state index in [1.54, 1.807) is 0 Å². The quantitative estimate of drug-likeness (QED) is 0.614. The number of benzene rings is 1. The number of aromatic nitrogens is 3. The summed E-state index contributed by atoms with van der Waals surface area (Å²) in [5.41, 5.74) is 1.81. The number of fused-ring (bicyclic) bond motifs is 1. The Morgan fingerprint density at radius 1 is 1.12 bits per heavy atom. The summed E-state index contributed by atoms with van der Waals surface area (Å²) in [5, 5.41) is 20.7. The van der Waals surface area contributed by atoms with Crippen LogP contribution in [0.3, 0.4) is 0 Å². The van der Waals surface area contributed by atoms with Crippen molar-refractivity contribution in [3.63, 3.8) is 0 Å². The van der Waals surface area contributed by atoms with Crippen molar-refractivity contribution in [3.8, 4) is 5.88 Å². The van der Waals surface area contributed by atoms with Crippen molar-refractivity contribution < 1.29 is 14.6 Å². The van der Waals surface area contributed by atoms with Crippen molar-refractivity contribution in [1.82, 2.24) is 19.9 Å². The first-order chi connectivity index (χ1) is 12.3. The minimum Gasteiger partial charge on any atom is -0.476 e. The van der Waals surface area contributed by atoms with E-state index in [4.69, 9.17) is 14.6 Å². The zero-order valence-electron chi connectivity index (χ0n) is 14.1. The molecule has 0 amide bonds. The molecule has 0 saturated heterocycles. The van der Waals surface area contributed by atoms with Gasteiger partial charge in [0.1, 0.15) is 6.61 Å². The SMILES string of the molecule is CNC(COCc1ccccc1)c1nnc2cccc(OCCO)n12. The molecule has 1 aromatic carbocycles. The number of likely N-dealkylation sites (N-methyl/N-ethyl adjacent to an activating group) is 1. The topological polar surface area (TPSA) is 80.9 Å². The lowest BCUT2D eigenvalue weighted by molar-refractivity contribution is 0.0979. The van der Waals surface area contributed by atoms with Crippen LogP contribution in [0.1, 0.15) is 17.4 Å². The third-order valence-corrected chi connectivity index (χ3v) is 3.82. The lowest BCUT2D eigenvalue weighted by atomic mass is 10.2. The number of nitrogens with one attached hydrogen (secondary N) is 1. The fraction of sp³-hybridized carbons (Fsp3) is 0.333.